The van der Waals surface area contributed by atoms with E-state index in [9.17, 15) is 13.6 Å². The molecule has 0 aliphatic carbocycles. The number of fused-ring (bicyclic) bond motifs is 3. The maximum absolute atomic E-state index is 13.4. The molecule has 3 aromatic rings. The van der Waals surface area contributed by atoms with Crippen molar-refractivity contribution >= 4 is 34.6 Å². The Bertz CT molecular complexity index is 1190. The fourth-order valence-corrected chi connectivity index (χ4v) is 4.82. The van der Waals surface area contributed by atoms with E-state index in [1.54, 1.807) is 23.5 Å². The van der Waals surface area contributed by atoms with Crippen LogP contribution < -0.4 is 5.32 Å². The van der Waals surface area contributed by atoms with Crippen molar-refractivity contribution in [2.75, 3.05) is 6.54 Å². The zero-order valence-corrected chi connectivity index (χ0v) is 18.9. The first-order chi connectivity index (χ1) is 14.6. The number of thiophene rings is 1. The van der Waals surface area contributed by atoms with Gasteiger partial charge in [-0.15, -0.1) is 21.5 Å². The molecule has 0 fully saturated rings. The van der Waals surface area contributed by atoms with Gasteiger partial charge in [-0.3, -0.25) is 14.4 Å². The first-order valence-electron chi connectivity index (χ1n) is 9.60. The highest BCUT2D eigenvalue weighted by Gasteiger charge is 2.35. The maximum Gasteiger partial charge on any atom is 0.321 e. The normalized spacial score (nSPS) is 15.7. The van der Waals surface area contributed by atoms with Gasteiger partial charge in [0.15, 0.2) is 5.82 Å². The summed E-state index contributed by atoms with van der Waals surface area (Å²) in [7, 11) is 0. The summed E-state index contributed by atoms with van der Waals surface area (Å²) in [5, 5.41) is 12.3. The van der Waals surface area contributed by atoms with Crippen LogP contribution in [0.15, 0.2) is 29.3 Å². The molecule has 0 radical (unpaired) electrons. The number of hydrogen-bond donors (Lipinski definition) is 1. The van der Waals surface area contributed by atoms with Crippen molar-refractivity contribution in [2.45, 2.75) is 39.7 Å². The Labute approximate surface area is 187 Å². The van der Waals surface area contributed by atoms with Crippen molar-refractivity contribution in [3.63, 3.8) is 0 Å². The minimum absolute atomic E-state index is 0.134. The lowest BCUT2D eigenvalue weighted by atomic mass is 10.00. The molecule has 1 aliphatic heterocycles. The van der Waals surface area contributed by atoms with Crippen LogP contribution in [0.1, 0.15) is 46.2 Å². The number of benzene rings is 1. The van der Waals surface area contributed by atoms with Gasteiger partial charge in [-0.2, -0.15) is 8.78 Å². The van der Waals surface area contributed by atoms with E-state index in [-0.39, 0.29) is 6.54 Å². The lowest BCUT2D eigenvalue weighted by Gasteiger charge is -2.16. The molecule has 0 spiro atoms. The molecule has 162 valence electrons. The molecule has 1 aromatic carbocycles. The quantitative estimate of drug-likeness (QED) is 0.616. The summed E-state index contributed by atoms with van der Waals surface area (Å²) in [5.74, 6) is -3.70. The Hall–Kier alpha value is -2.65. The number of aromatic nitrogens is 3. The Balaban J connectivity index is 1.89. The third-order valence-electron chi connectivity index (χ3n) is 5.21. The maximum atomic E-state index is 13.4. The Morgan fingerprint density at radius 1 is 1.23 bits per heavy atom. The monoisotopic (exact) mass is 463 g/mol. The predicted molar refractivity (Wildman–Crippen MR) is 117 cm³/mol. The molecule has 10 heteroatoms. The average Bonchev–Trinajstić information content (AvgIpc) is 3.17. The summed E-state index contributed by atoms with van der Waals surface area (Å²) in [6.45, 7) is 6.32. The summed E-state index contributed by atoms with van der Waals surface area (Å²) in [4.78, 5) is 17.8. The molecule has 1 atom stereocenters. The van der Waals surface area contributed by atoms with Gasteiger partial charge in [-0.1, -0.05) is 23.7 Å². The topological polar surface area (TPSA) is 72.2 Å². The fraction of sp³-hybridized carbons (Fsp3) is 0.333. The second-order valence-corrected chi connectivity index (χ2v) is 9.14. The summed E-state index contributed by atoms with van der Waals surface area (Å²) in [5.41, 5.74) is 3.53. The molecule has 1 N–H and O–H groups in total. The second-order valence-electron chi connectivity index (χ2n) is 7.50. The molecule has 31 heavy (non-hydrogen) atoms. The van der Waals surface area contributed by atoms with Crippen LogP contribution in [0.2, 0.25) is 5.02 Å². The first-order valence-corrected chi connectivity index (χ1v) is 10.8. The zero-order chi connectivity index (χ0) is 22.5. The van der Waals surface area contributed by atoms with Crippen LogP contribution in [-0.4, -0.2) is 38.9 Å². The fourth-order valence-electron chi connectivity index (χ4n) is 3.48. The second kappa shape index (κ2) is 7.80. The molecule has 6 nitrogen and oxygen atoms in total. The summed E-state index contributed by atoms with van der Waals surface area (Å²) >= 11 is 7.66. The number of halogens is 3. The van der Waals surface area contributed by atoms with Gasteiger partial charge in [0.1, 0.15) is 16.9 Å². The van der Waals surface area contributed by atoms with E-state index >= 15 is 0 Å². The molecular formula is C21H20ClF2N5OS. The number of rotatable bonds is 4. The van der Waals surface area contributed by atoms with E-state index in [4.69, 9.17) is 16.6 Å². The number of carbonyl (C=O) groups is 1. The van der Waals surface area contributed by atoms with Crippen LogP contribution in [-0.2, 0) is 4.79 Å². The predicted octanol–water partition coefficient (Wildman–Crippen LogP) is 4.57. The Kier molecular flexibility index (Phi) is 5.43. The molecule has 0 bridgehead atoms. The molecule has 3 heterocycles. The van der Waals surface area contributed by atoms with Crippen LogP contribution in [0.3, 0.4) is 0 Å². The summed E-state index contributed by atoms with van der Waals surface area (Å²) < 4.78 is 28.7. The standard InChI is InChI=1S/C21H20ClF2N5OS/c1-10-11(2)31-19-16(10)17(13-5-7-14(22)8-6-13)26-15(9-25-20(30)21(4,23)24)18-28-27-12(3)29(18)19/h5-8,15H,9H2,1-4H3,(H,25,30)/t15-/m0/s1. The number of aliphatic imine (C=N–C) groups is 1. The van der Waals surface area contributed by atoms with Crippen LogP contribution in [0, 0.1) is 20.8 Å². The van der Waals surface area contributed by atoms with Crippen molar-refractivity contribution in [1.82, 2.24) is 20.1 Å². The number of amides is 1. The van der Waals surface area contributed by atoms with E-state index in [2.05, 4.69) is 15.5 Å². The molecule has 1 amide bonds. The number of carbonyl (C=O) groups excluding carboxylic acids is 1. The lowest BCUT2D eigenvalue weighted by molar-refractivity contribution is -0.143. The number of nitrogens with one attached hydrogen (secondary N) is 1. The van der Waals surface area contributed by atoms with E-state index in [1.165, 1.54) is 0 Å². The summed E-state index contributed by atoms with van der Waals surface area (Å²) in [6.07, 6.45) is 0. The third kappa shape index (κ3) is 3.87. The van der Waals surface area contributed by atoms with Crippen LogP contribution in [0.25, 0.3) is 5.00 Å². The Morgan fingerprint density at radius 3 is 2.55 bits per heavy atom. The van der Waals surface area contributed by atoms with Gasteiger partial charge in [0.05, 0.1) is 5.71 Å². The Morgan fingerprint density at radius 2 is 1.90 bits per heavy atom. The first kappa shape index (κ1) is 21.6. The highest BCUT2D eigenvalue weighted by atomic mass is 35.5. The summed E-state index contributed by atoms with van der Waals surface area (Å²) in [6, 6.07) is 6.59. The SMILES string of the molecule is Cc1sc2c(c1C)C(c1ccc(Cl)cc1)=N[C@@H](CNC(=O)C(C)(F)F)c1nnc(C)n1-2. The molecule has 1 aliphatic rings. The van der Waals surface area contributed by atoms with Gasteiger partial charge in [-0.05, 0) is 38.5 Å². The van der Waals surface area contributed by atoms with Crippen LogP contribution >= 0.6 is 22.9 Å². The minimum atomic E-state index is -3.48. The lowest BCUT2D eigenvalue weighted by Crippen LogP contribution is -2.39. The molecule has 4 rings (SSSR count). The van der Waals surface area contributed by atoms with E-state index < -0.39 is 17.9 Å². The van der Waals surface area contributed by atoms with Crippen molar-refractivity contribution in [3.05, 3.63) is 62.5 Å². The molecule has 0 unspecified atom stereocenters. The highest BCUT2D eigenvalue weighted by molar-refractivity contribution is 7.15. The van der Waals surface area contributed by atoms with E-state index in [0.717, 1.165) is 26.6 Å². The van der Waals surface area contributed by atoms with Crippen molar-refractivity contribution < 1.29 is 13.6 Å². The number of aryl methyl sites for hydroxylation is 2. The van der Waals surface area contributed by atoms with Gasteiger partial charge >= 0.3 is 5.92 Å². The molecule has 0 saturated carbocycles. The highest BCUT2D eigenvalue weighted by Crippen LogP contribution is 2.38. The molecule has 2 aromatic heterocycles. The van der Waals surface area contributed by atoms with Crippen LogP contribution in [0.4, 0.5) is 8.78 Å². The minimum Gasteiger partial charge on any atom is -0.348 e. The average molecular weight is 464 g/mol. The number of alkyl halides is 2. The van der Waals surface area contributed by atoms with Crippen LogP contribution in [0.5, 0.6) is 0 Å². The van der Waals surface area contributed by atoms with E-state index in [1.807, 2.05) is 37.5 Å². The molecular weight excluding hydrogens is 444 g/mol. The van der Waals surface area contributed by atoms with Crippen molar-refractivity contribution in [3.8, 4) is 5.00 Å². The zero-order valence-electron chi connectivity index (χ0n) is 17.3. The van der Waals surface area contributed by atoms with Gasteiger partial charge in [0.25, 0.3) is 5.91 Å². The van der Waals surface area contributed by atoms with Crippen molar-refractivity contribution in [2.24, 2.45) is 4.99 Å². The van der Waals surface area contributed by atoms with E-state index in [0.29, 0.717) is 29.3 Å². The number of nitrogens with zero attached hydrogens (tertiary/aromatic N) is 4. The van der Waals surface area contributed by atoms with Crippen molar-refractivity contribution in [1.29, 1.82) is 0 Å². The van der Waals surface area contributed by atoms with Gasteiger partial charge in [0, 0.05) is 34.5 Å². The largest absolute Gasteiger partial charge is 0.348 e. The smallest absolute Gasteiger partial charge is 0.321 e. The third-order valence-corrected chi connectivity index (χ3v) is 6.66. The van der Waals surface area contributed by atoms with Gasteiger partial charge < -0.3 is 5.32 Å². The number of hydrogen-bond acceptors (Lipinski definition) is 5. The van der Waals surface area contributed by atoms with Gasteiger partial charge in [0.2, 0.25) is 0 Å². The van der Waals surface area contributed by atoms with Gasteiger partial charge in [-0.25, -0.2) is 0 Å². The molecule has 0 saturated heterocycles.